The number of nitrogens with one attached hydrogen (secondary N) is 1. The summed E-state index contributed by atoms with van der Waals surface area (Å²) in [5, 5.41) is 3.42. The Balaban J connectivity index is 0.000000810. The van der Waals surface area contributed by atoms with Gasteiger partial charge in [0.2, 0.25) is 0 Å². The molecule has 0 spiro atoms. The maximum absolute atomic E-state index is 3.82. The molecule has 10 heavy (non-hydrogen) atoms. The molecule has 57 valence electrons. The Hall–Kier alpha value is 1.06. The van der Waals surface area contributed by atoms with Crippen LogP contribution in [0.1, 0.15) is 25.7 Å². The van der Waals surface area contributed by atoms with Crippen molar-refractivity contribution < 1.29 is 32.7 Å². The van der Waals surface area contributed by atoms with Crippen LogP contribution in [0.15, 0.2) is 0 Å². The SMILES string of the molecule is [CH2-]CCC1[CH-]CCCN1.[Y]. The first-order chi connectivity index (χ1) is 4.43. The normalized spacial score (nSPS) is 25.5. The summed E-state index contributed by atoms with van der Waals surface area (Å²) in [5.74, 6) is 0. The molecule has 1 aliphatic heterocycles. The molecule has 1 unspecified atom stereocenters. The Labute approximate surface area is 89.2 Å². The van der Waals surface area contributed by atoms with Crippen molar-refractivity contribution in [3.63, 3.8) is 0 Å². The van der Waals surface area contributed by atoms with Crippen LogP contribution in [0.3, 0.4) is 0 Å². The van der Waals surface area contributed by atoms with E-state index in [1.54, 1.807) is 0 Å². The van der Waals surface area contributed by atoms with Crippen LogP contribution in [-0.4, -0.2) is 12.6 Å². The van der Waals surface area contributed by atoms with Crippen LogP contribution in [0.25, 0.3) is 0 Å². The summed E-state index contributed by atoms with van der Waals surface area (Å²) in [6.07, 6.45) is 7.23. The van der Waals surface area contributed by atoms with Crippen molar-refractivity contribution in [1.29, 1.82) is 0 Å². The molecule has 0 aromatic rings. The van der Waals surface area contributed by atoms with Crippen LogP contribution < -0.4 is 5.32 Å². The summed E-state index contributed by atoms with van der Waals surface area (Å²) < 4.78 is 0. The minimum absolute atomic E-state index is 0. The van der Waals surface area contributed by atoms with Gasteiger partial charge < -0.3 is 18.7 Å². The fourth-order valence-electron chi connectivity index (χ4n) is 1.23. The molecule has 0 aromatic heterocycles. The minimum atomic E-state index is 0. The summed E-state index contributed by atoms with van der Waals surface area (Å²) in [6, 6.07) is 0.663. The van der Waals surface area contributed by atoms with Crippen LogP contribution >= 0.6 is 0 Å². The van der Waals surface area contributed by atoms with Crippen LogP contribution in [0.5, 0.6) is 0 Å². The van der Waals surface area contributed by atoms with E-state index >= 15 is 0 Å². The van der Waals surface area contributed by atoms with Gasteiger partial charge in [-0.15, -0.1) is 6.04 Å². The van der Waals surface area contributed by atoms with Crippen LogP contribution in [-0.2, 0) is 32.7 Å². The average molecular weight is 214 g/mol. The van der Waals surface area contributed by atoms with E-state index in [1.807, 2.05) is 0 Å². The second-order valence-electron chi connectivity index (χ2n) is 2.58. The van der Waals surface area contributed by atoms with Gasteiger partial charge in [0.1, 0.15) is 0 Å². The van der Waals surface area contributed by atoms with Crippen LogP contribution in [0.2, 0.25) is 0 Å². The topological polar surface area (TPSA) is 12.0 Å². The summed E-state index contributed by atoms with van der Waals surface area (Å²) in [4.78, 5) is 0. The Bertz CT molecular complexity index is 66.9. The fourth-order valence-corrected chi connectivity index (χ4v) is 1.23. The smallest absolute Gasteiger partial charge is 0 e. The zero-order chi connectivity index (χ0) is 6.53. The standard InChI is InChI=1S/C8H15N.Y/c1-2-5-8-6-3-4-7-9-8;/h6,8-9H,1-5,7H2;/q-2;. The van der Waals surface area contributed by atoms with Gasteiger partial charge in [-0.05, 0) is 6.54 Å². The first-order valence-corrected chi connectivity index (χ1v) is 3.79. The molecule has 1 saturated heterocycles. The molecule has 2 heteroatoms. The molecular formula is C8H15NY-2. The van der Waals surface area contributed by atoms with E-state index < -0.39 is 0 Å². The molecule has 0 aliphatic carbocycles. The number of hydrogen-bond acceptors (Lipinski definition) is 1. The van der Waals surface area contributed by atoms with E-state index in [0.29, 0.717) is 6.04 Å². The quantitative estimate of drug-likeness (QED) is 0.688. The predicted molar refractivity (Wildman–Crippen MR) is 39.9 cm³/mol. The average Bonchev–Trinajstić information content (AvgIpc) is 1.91. The third kappa shape index (κ3) is 4.05. The summed E-state index contributed by atoms with van der Waals surface area (Å²) in [5.41, 5.74) is 0. The summed E-state index contributed by atoms with van der Waals surface area (Å²) >= 11 is 0. The van der Waals surface area contributed by atoms with Gasteiger partial charge in [0.05, 0.1) is 0 Å². The van der Waals surface area contributed by atoms with Gasteiger partial charge in [-0.1, -0.05) is 12.8 Å². The molecule has 0 aromatic carbocycles. The van der Waals surface area contributed by atoms with Crippen molar-refractivity contribution in [2.45, 2.75) is 31.7 Å². The maximum atomic E-state index is 3.82. The van der Waals surface area contributed by atoms with Gasteiger partial charge in [-0.2, -0.15) is 12.8 Å². The third-order valence-electron chi connectivity index (χ3n) is 1.75. The third-order valence-corrected chi connectivity index (χ3v) is 1.75. The molecule has 0 saturated carbocycles. The van der Waals surface area contributed by atoms with Crippen molar-refractivity contribution in [2.75, 3.05) is 6.54 Å². The Morgan fingerprint density at radius 2 is 2.40 bits per heavy atom. The van der Waals surface area contributed by atoms with E-state index in [4.69, 9.17) is 0 Å². The first-order valence-electron chi connectivity index (χ1n) is 3.79. The second kappa shape index (κ2) is 6.75. The van der Waals surface area contributed by atoms with Gasteiger partial charge in [0.15, 0.2) is 0 Å². The van der Waals surface area contributed by atoms with E-state index in [0.717, 1.165) is 6.42 Å². The van der Waals surface area contributed by atoms with Gasteiger partial charge in [0.25, 0.3) is 0 Å². The van der Waals surface area contributed by atoms with Gasteiger partial charge in [0, 0.05) is 32.7 Å². The van der Waals surface area contributed by atoms with Crippen LogP contribution in [0, 0.1) is 13.3 Å². The molecule has 1 aliphatic rings. The zero-order valence-electron chi connectivity index (χ0n) is 6.47. The van der Waals surface area contributed by atoms with E-state index in [2.05, 4.69) is 18.7 Å². The predicted octanol–water partition coefficient (Wildman–Crippen LogP) is 1.55. The summed E-state index contributed by atoms with van der Waals surface area (Å²) in [6.45, 7) is 5.02. The van der Waals surface area contributed by atoms with Crippen molar-refractivity contribution in [3.8, 4) is 0 Å². The van der Waals surface area contributed by atoms with Crippen molar-refractivity contribution in [3.05, 3.63) is 13.3 Å². The maximum Gasteiger partial charge on any atom is 0 e. The minimum Gasteiger partial charge on any atom is -0.343 e. The monoisotopic (exact) mass is 214 g/mol. The van der Waals surface area contributed by atoms with Gasteiger partial charge in [-0.3, -0.25) is 0 Å². The van der Waals surface area contributed by atoms with Crippen molar-refractivity contribution in [1.82, 2.24) is 5.32 Å². The molecule has 0 amide bonds. The Morgan fingerprint density at radius 3 is 2.90 bits per heavy atom. The van der Waals surface area contributed by atoms with Crippen LogP contribution in [0.4, 0.5) is 0 Å². The van der Waals surface area contributed by atoms with Crippen molar-refractivity contribution in [2.24, 2.45) is 0 Å². The second-order valence-corrected chi connectivity index (χ2v) is 2.58. The molecule has 0 bridgehead atoms. The van der Waals surface area contributed by atoms with E-state index in [9.17, 15) is 0 Å². The van der Waals surface area contributed by atoms with Gasteiger partial charge in [-0.25, -0.2) is 0 Å². The molecule has 1 heterocycles. The molecule has 1 N–H and O–H groups in total. The number of rotatable bonds is 2. The molecule has 1 radical (unpaired) electrons. The Morgan fingerprint density at radius 1 is 1.60 bits per heavy atom. The first kappa shape index (κ1) is 11.1. The molecule has 1 atom stereocenters. The Kier molecular flexibility index (Phi) is 7.47. The molecule has 1 fully saturated rings. The largest absolute Gasteiger partial charge is 0.343 e. The number of piperidine rings is 1. The fraction of sp³-hybridized carbons (Fsp3) is 0.750. The van der Waals surface area contributed by atoms with E-state index in [1.165, 1.54) is 25.8 Å². The summed E-state index contributed by atoms with van der Waals surface area (Å²) in [7, 11) is 0. The van der Waals surface area contributed by atoms with Crippen molar-refractivity contribution >= 4 is 0 Å². The molecular weight excluding hydrogens is 199 g/mol. The number of hydrogen-bond donors (Lipinski definition) is 1. The molecule has 1 rings (SSSR count). The van der Waals surface area contributed by atoms with E-state index in [-0.39, 0.29) is 32.7 Å². The molecule has 1 nitrogen and oxygen atoms in total. The zero-order valence-corrected chi connectivity index (χ0v) is 9.31. The van der Waals surface area contributed by atoms with Gasteiger partial charge >= 0.3 is 0 Å².